The first-order chi connectivity index (χ1) is 9.02. The average molecular weight is 300 g/mol. The highest BCUT2D eigenvalue weighted by Crippen LogP contribution is 2.44. The first-order valence-corrected chi connectivity index (χ1v) is 5.04. The first kappa shape index (κ1) is 16.1. The van der Waals surface area contributed by atoms with Crippen LogP contribution in [0.4, 0.5) is 27.6 Å². The van der Waals surface area contributed by atoms with Gasteiger partial charge in [-0.15, -0.1) is 0 Å². The van der Waals surface area contributed by atoms with Crippen LogP contribution in [-0.2, 0) is 0 Å². The molecule has 1 rings (SSSR count). The third-order valence-corrected chi connectivity index (χ3v) is 2.53. The van der Waals surface area contributed by atoms with E-state index in [1.165, 1.54) is 0 Å². The van der Waals surface area contributed by atoms with Gasteiger partial charge in [0.2, 0.25) is 0 Å². The normalized spacial score (nSPS) is 13.9. The number of hydrogen-bond acceptors (Lipinski definition) is 4. The number of methoxy groups -OCH3 is 1. The van der Waals surface area contributed by atoms with E-state index in [1.807, 2.05) is 0 Å². The summed E-state index contributed by atoms with van der Waals surface area (Å²) in [5.74, 6) is -5.49. The molecule has 0 amide bonds. The molecule has 0 spiro atoms. The van der Waals surface area contributed by atoms with Crippen molar-refractivity contribution in [2.75, 3.05) is 7.11 Å². The number of nitro groups is 1. The summed E-state index contributed by atoms with van der Waals surface area (Å²) in [6, 6.07) is -0.508. The van der Waals surface area contributed by atoms with Crippen LogP contribution in [-0.4, -0.2) is 24.1 Å². The van der Waals surface area contributed by atoms with Gasteiger partial charge in [0, 0.05) is 6.07 Å². The molecule has 0 radical (unpaired) electrons. The summed E-state index contributed by atoms with van der Waals surface area (Å²) in [5.41, 5.74) is 3.41. The molecule has 0 aromatic heterocycles. The van der Waals surface area contributed by atoms with Gasteiger partial charge >= 0.3 is 17.8 Å². The van der Waals surface area contributed by atoms with Crippen LogP contribution in [0.5, 0.6) is 5.75 Å². The van der Waals surface area contributed by atoms with Crippen molar-refractivity contribution in [3.8, 4) is 5.75 Å². The van der Waals surface area contributed by atoms with Crippen molar-refractivity contribution in [2.45, 2.75) is 18.1 Å². The zero-order valence-electron chi connectivity index (χ0n) is 9.95. The largest absolute Gasteiger partial charge is 0.490 e. The van der Waals surface area contributed by atoms with Crippen molar-refractivity contribution in [3.63, 3.8) is 0 Å². The fourth-order valence-corrected chi connectivity index (χ4v) is 1.43. The van der Waals surface area contributed by atoms with Gasteiger partial charge in [-0.1, -0.05) is 6.07 Å². The van der Waals surface area contributed by atoms with E-state index in [-0.39, 0.29) is 5.75 Å². The molecule has 1 aromatic carbocycles. The molecule has 1 aromatic rings. The van der Waals surface area contributed by atoms with Gasteiger partial charge in [-0.2, -0.15) is 22.0 Å². The van der Waals surface area contributed by atoms with Gasteiger partial charge in [-0.3, -0.25) is 10.1 Å². The molecule has 20 heavy (non-hydrogen) atoms. The highest BCUT2D eigenvalue weighted by molar-refractivity contribution is 5.49. The second kappa shape index (κ2) is 5.19. The molecule has 0 aliphatic rings. The molecule has 0 saturated heterocycles. The predicted molar refractivity (Wildman–Crippen MR) is 57.6 cm³/mol. The number of nitrogens with two attached hydrogens (primary N) is 1. The SMILES string of the molecule is COc1ccc([C@H](N)C(F)(F)C(F)(F)F)cc1[N+](=O)[O-]. The summed E-state index contributed by atoms with van der Waals surface area (Å²) in [6.07, 6.45) is -5.86. The van der Waals surface area contributed by atoms with E-state index in [1.54, 1.807) is 0 Å². The van der Waals surface area contributed by atoms with Gasteiger partial charge in [0.15, 0.2) is 5.75 Å². The first-order valence-electron chi connectivity index (χ1n) is 5.04. The van der Waals surface area contributed by atoms with Crippen LogP contribution >= 0.6 is 0 Å². The summed E-state index contributed by atoms with van der Waals surface area (Å²) in [5, 5.41) is 10.7. The molecule has 0 aliphatic heterocycles. The highest BCUT2D eigenvalue weighted by Gasteiger charge is 2.61. The zero-order chi connectivity index (χ0) is 15.7. The Morgan fingerprint density at radius 1 is 1.30 bits per heavy atom. The molecule has 5 nitrogen and oxygen atoms in total. The number of nitrogens with zero attached hydrogens (tertiary/aromatic N) is 1. The Hall–Kier alpha value is -1.97. The Balaban J connectivity index is 3.28. The molecule has 2 N–H and O–H groups in total. The molecule has 112 valence electrons. The molecule has 0 bridgehead atoms. The maximum Gasteiger partial charge on any atom is 0.455 e. The Labute approximate surface area is 109 Å². The summed E-state index contributed by atoms with van der Waals surface area (Å²) in [4.78, 5) is 9.71. The number of hydrogen-bond donors (Lipinski definition) is 1. The van der Waals surface area contributed by atoms with Crippen molar-refractivity contribution in [2.24, 2.45) is 5.73 Å². The lowest BCUT2D eigenvalue weighted by atomic mass is 10.00. The molecule has 10 heteroatoms. The van der Waals surface area contributed by atoms with E-state index in [0.29, 0.717) is 6.07 Å². The second-order valence-electron chi connectivity index (χ2n) is 3.79. The average Bonchev–Trinajstić information content (AvgIpc) is 2.35. The highest BCUT2D eigenvalue weighted by atomic mass is 19.4. The van der Waals surface area contributed by atoms with Gasteiger partial charge in [0.05, 0.1) is 12.0 Å². The van der Waals surface area contributed by atoms with E-state index in [9.17, 15) is 32.1 Å². The summed E-state index contributed by atoms with van der Waals surface area (Å²) >= 11 is 0. The quantitative estimate of drug-likeness (QED) is 0.527. The van der Waals surface area contributed by atoms with Crippen molar-refractivity contribution >= 4 is 5.69 Å². The van der Waals surface area contributed by atoms with Crippen molar-refractivity contribution < 1.29 is 31.6 Å². The standard InChI is InChI=1S/C10H9F5N2O3/c1-20-7-3-2-5(4-6(7)17(18)19)8(16)9(11,12)10(13,14)15/h2-4,8H,16H2,1H3/t8-/m0/s1. The monoisotopic (exact) mass is 300 g/mol. The van der Waals surface area contributed by atoms with Gasteiger partial charge in [0.1, 0.15) is 6.04 Å². The van der Waals surface area contributed by atoms with E-state index >= 15 is 0 Å². The van der Waals surface area contributed by atoms with Crippen LogP contribution in [0.1, 0.15) is 11.6 Å². The molecule has 0 heterocycles. The van der Waals surface area contributed by atoms with E-state index in [0.717, 1.165) is 19.2 Å². The minimum absolute atomic E-state index is 0.277. The van der Waals surface area contributed by atoms with Crippen LogP contribution in [0.15, 0.2) is 18.2 Å². The number of rotatable bonds is 4. The van der Waals surface area contributed by atoms with Crippen molar-refractivity contribution in [3.05, 3.63) is 33.9 Å². The smallest absolute Gasteiger partial charge is 0.455 e. The Morgan fingerprint density at radius 3 is 2.25 bits per heavy atom. The molecule has 1 atom stereocenters. The summed E-state index contributed by atoms with van der Waals surface area (Å²) < 4.78 is 67.3. The van der Waals surface area contributed by atoms with Crippen LogP contribution in [0.2, 0.25) is 0 Å². The second-order valence-corrected chi connectivity index (χ2v) is 3.79. The van der Waals surface area contributed by atoms with E-state index in [4.69, 9.17) is 5.73 Å². The Bertz CT molecular complexity index is 518. The fraction of sp³-hybridized carbons (Fsp3) is 0.400. The minimum atomic E-state index is -5.86. The fourth-order valence-electron chi connectivity index (χ4n) is 1.43. The van der Waals surface area contributed by atoms with Gasteiger partial charge in [-0.25, -0.2) is 0 Å². The molecule has 0 saturated carbocycles. The van der Waals surface area contributed by atoms with Crippen molar-refractivity contribution in [1.29, 1.82) is 0 Å². The lowest BCUT2D eigenvalue weighted by molar-refractivity contribution is -0.385. The zero-order valence-corrected chi connectivity index (χ0v) is 9.95. The topological polar surface area (TPSA) is 78.4 Å². The number of halogens is 5. The van der Waals surface area contributed by atoms with Gasteiger partial charge < -0.3 is 10.5 Å². The van der Waals surface area contributed by atoms with Crippen LogP contribution in [0.3, 0.4) is 0 Å². The number of alkyl halides is 5. The van der Waals surface area contributed by atoms with Gasteiger partial charge in [0.25, 0.3) is 0 Å². The van der Waals surface area contributed by atoms with Crippen LogP contribution < -0.4 is 10.5 Å². The van der Waals surface area contributed by atoms with Crippen LogP contribution in [0.25, 0.3) is 0 Å². The number of benzene rings is 1. The predicted octanol–water partition coefficient (Wildman–Crippen LogP) is 2.80. The maximum absolute atomic E-state index is 13.1. The molecule has 0 aliphatic carbocycles. The number of nitro benzene ring substituents is 1. The van der Waals surface area contributed by atoms with Gasteiger partial charge in [-0.05, 0) is 11.6 Å². The third kappa shape index (κ3) is 2.79. The molecule has 0 fully saturated rings. The van der Waals surface area contributed by atoms with E-state index in [2.05, 4.69) is 4.74 Å². The maximum atomic E-state index is 13.1. The Morgan fingerprint density at radius 2 is 1.85 bits per heavy atom. The number of ether oxygens (including phenoxy) is 1. The summed E-state index contributed by atoms with van der Waals surface area (Å²) in [7, 11) is 1.09. The third-order valence-electron chi connectivity index (χ3n) is 2.53. The molecule has 0 unspecified atom stereocenters. The summed E-state index contributed by atoms with van der Waals surface area (Å²) in [6.45, 7) is 0. The molecular formula is C10H9F5N2O3. The lowest BCUT2D eigenvalue weighted by Gasteiger charge is -2.25. The molecular weight excluding hydrogens is 291 g/mol. The van der Waals surface area contributed by atoms with Crippen molar-refractivity contribution in [1.82, 2.24) is 0 Å². The Kier molecular flexibility index (Phi) is 4.18. The minimum Gasteiger partial charge on any atom is -0.490 e. The van der Waals surface area contributed by atoms with E-state index < -0.39 is 34.3 Å². The lowest BCUT2D eigenvalue weighted by Crippen LogP contribution is -2.45. The van der Waals surface area contributed by atoms with Crippen LogP contribution in [0, 0.1) is 10.1 Å².